The molecule has 0 spiro atoms. The maximum absolute atomic E-state index is 4.10. The van der Waals surface area contributed by atoms with Crippen LogP contribution < -0.4 is 0 Å². The molecule has 0 heteroatoms. The molecule has 0 radical (unpaired) electrons. The average Bonchev–Trinajstić information content (AvgIpc) is 2.52. The lowest BCUT2D eigenvalue weighted by molar-refractivity contribution is 1.42. The summed E-state index contributed by atoms with van der Waals surface area (Å²) in [5.41, 5.74) is 9.39. The van der Waals surface area contributed by atoms with Crippen molar-refractivity contribution in [1.82, 2.24) is 0 Å². The average molecular weight is 314 g/mol. The van der Waals surface area contributed by atoms with Crippen LogP contribution in [0.25, 0.3) is 29.4 Å². The lowest BCUT2D eigenvalue weighted by Crippen LogP contribution is -1.88. The predicted octanol–water partition coefficient (Wildman–Crippen LogP) is 7.35. The zero-order chi connectivity index (χ0) is 17.7. The van der Waals surface area contributed by atoms with E-state index in [1.54, 1.807) is 0 Å². The Bertz CT molecular complexity index is 825. The van der Waals surface area contributed by atoms with E-state index < -0.39 is 0 Å². The highest BCUT2D eigenvalue weighted by Gasteiger charge is 2.03. The van der Waals surface area contributed by atoms with Crippen LogP contribution in [-0.4, -0.2) is 0 Å². The van der Waals surface area contributed by atoms with Crippen LogP contribution in [0, 0.1) is 0 Å². The predicted molar refractivity (Wildman–Crippen MR) is 111 cm³/mol. The zero-order valence-corrected chi connectivity index (χ0v) is 15.2. The minimum absolute atomic E-state index is 1.07. The Morgan fingerprint density at radius 1 is 0.792 bits per heavy atom. The molecule has 0 N–H and O–H groups in total. The second-order valence-corrected chi connectivity index (χ2v) is 6.59. The Morgan fingerprint density at radius 3 is 2.12 bits per heavy atom. The molecule has 0 saturated carbocycles. The Kier molecular flexibility index (Phi) is 5.76. The van der Waals surface area contributed by atoms with Gasteiger partial charge in [0.1, 0.15) is 0 Å². The number of rotatable bonds is 5. The van der Waals surface area contributed by atoms with E-state index in [9.17, 15) is 0 Å². The Labute approximate surface area is 146 Å². The third-order valence-corrected chi connectivity index (χ3v) is 3.83. The van der Waals surface area contributed by atoms with Crippen molar-refractivity contribution in [2.24, 2.45) is 0 Å². The first-order valence-corrected chi connectivity index (χ1v) is 8.25. The number of benzene rings is 2. The van der Waals surface area contributed by atoms with Crippen molar-refractivity contribution in [2.75, 3.05) is 0 Å². The molecular weight excluding hydrogens is 288 g/mol. The molecule has 0 unspecified atom stereocenters. The summed E-state index contributed by atoms with van der Waals surface area (Å²) in [6.45, 7) is 16.5. The molecule has 122 valence electrons. The van der Waals surface area contributed by atoms with Crippen LogP contribution in [0.5, 0.6) is 0 Å². The number of allylic oxidation sites excluding steroid dienone is 3. The molecule has 2 aromatic rings. The summed E-state index contributed by atoms with van der Waals surface area (Å²) < 4.78 is 0. The molecule has 0 aliphatic rings. The Morgan fingerprint density at radius 2 is 1.50 bits per heavy atom. The van der Waals surface area contributed by atoms with Gasteiger partial charge in [-0.25, -0.2) is 0 Å². The fourth-order valence-electron chi connectivity index (χ4n) is 2.63. The van der Waals surface area contributed by atoms with E-state index in [-0.39, 0.29) is 0 Å². The molecule has 0 aliphatic carbocycles. The van der Waals surface area contributed by atoms with Gasteiger partial charge in [-0.3, -0.25) is 0 Å². The van der Waals surface area contributed by atoms with Crippen LogP contribution in [0.4, 0.5) is 0 Å². The molecule has 2 aromatic carbocycles. The summed E-state index contributed by atoms with van der Waals surface area (Å²) in [4.78, 5) is 0. The number of hydrogen-bond donors (Lipinski definition) is 0. The highest BCUT2D eigenvalue weighted by Crippen LogP contribution is 2.24. The van der Waals surface area contributed by atoms with E-state index in [4.69, 9.17) is 0 Å². The molecule has 0 heterocycles. The van der Waals surface area contributed by atoms with Gasteiger partial charge < -0.3 is 0 Å². The van der Waals surface area contributed by atoms with Gasteiger partial charge in [-0.2, -0.15) is 0 Å². The van der Waals surface area contributed by atoms with E-state index in [1.165, 1.54) is 27.8 Å². The highest BCUT2D eigenvalue weighted by molar-refractivity contribution is 5.81. The van der Waals surface area contributed by atoms with Gasteiger partial charge in [0.15, 0.2) is 0 Å². The van der Waals surface area contributed by atoms with E-state index in [1.807, 2.05) is 13.8 Å². The fraction of sp³-hybridized carbons (Fsp3) is 0.167. The van der Waals surface area contributed by atoms with Gasteiger partial charge in [0.2, 0.25) is 0 Å². The normalized spacial score (nSPS) is 10.7. The molecule has 0 nitrogen and oxygen atoms in total. The third-order valence-electron chi connectivity index (χ3n) is 3.83. The molecular formula is C24H26. The molecule has 0 saturated heterocycles. The monoisotopic (exact) mass is 314 g/mol. The van der Waals surface area contributed by atoms with E-state index >= 15 is 0 Å². The van der Waals surface area contributed by atoms with Crippen molar-refractivity contribution in [3.05, 3.63) is 89.0 Å². The first-order chi connectivity index (χ1) is 11.4. The second-order valence-electron chi connectivity index (χ2n) is 6.59. The second kappa shape index (κ2) is 7.79. The van der Waals surface area contributed by atoms with E-state index in [0.29, 0.717) is 0 Å². The summed E-state index contributed by atoms with van der Waals surface area (Å²) in [7, 11) is 0. The smallest absolute Gasteiger partial charge is 0.0160 e. The lowest BCUT2D eigenvalue weighted by atomic mass is 9.96. The van der Waals surface area contributed by atoms with Crippen molar-refractivity contribution in [3.63, 3.8) is 0 Å². The van der Waals surface area contributed by atoms with Crippen molar-refractivity contribution in [2.45, 2.75) is 27.7 Å². The van der Waals surface area contributed by atoms with Crippen molar-refractivity contribution < 1.29 is 0 Å². The molecule has 0 fully saturated rings. The molecule has 0 amide bonds. The van der Waals surface area contributed by atoms with Gasteiger partial charge in [-0.1, -0.05) is 78.4 Å². The molecule has 0 aromatic heterocycles. The molecule has 0 bridgehead atoms. The fourth-order valence-corrected chi connectivity index (χ4v) is 2.63. The minimum atomic E-state index is 1.07. The summed E-state index contributed by atoms with van der Waals surface area (Å²) in [6.07, 6.45) is 6.52. The molecule has 2 rings (SSSR count). The largest absolute Gasteiger partial charge is 0.0955 e. The van der Waals surface area contributed by atoms with E-state index in [2.05, 4.69) is 87.7 Å². The van der Waals surface area contributed by atoms with Gasteiger partial charge in [-0.05, 0) is 67.6 Å². The van der Waals surface area contributed by atoms with Crippen molar-refractivity contribution in [1.29, 1.82) is 0 Å². The SMILES string of the molecule is C=C(C)c1ccc(C(=C)C)c(C=Cc2cccc(C=C(C)C)c2)c1. The van der Waals surface area contributed by atoms with Gasteiger partial charge in [0.05, 0.1) is 0 Å². The van der Waals surface area contributed by atoms with Crippen molar-refractivity contribution in [3.8, 4) is 0 Å². The third kappa shape index (κ3) is 4.70. The highest BCUT2D eigenvalue weighted by atomic mass is 14.1. The molecule has 0 aliphatic heterocycles. The minimum Gasteiger partial charge on any atom is -0.0955 e. The van der Waals surface area contributed by atoms with Gasteiger partial charge in [0, 0.05) is 0 Å². The summed E-state index contributed by atoms with van der Waals surface area (Å²) in [5, 5.41) is 0. The standard InChI is InChI=1S/C24H26/c1-17(2)14-21-9-7-8-20(15-21)10-11-23-16-22(18(3)4)12-13-24(23)19(5)6/h7-16H,3,5H2,1-2,4,6H3. The quantitative estimate of drug-likeness (QED) is 0.506. The first kappa shape index (κ1) is 17.7. The topological polar surface area (TPSA) is 0 Å². The number of hydrogen-bond acceptors (Lipinski definition) is 0. The van der Waals surface area contributed by atoms with E-state index in [0.717, 1.165) is 16.7 Å². The summed E-state index contributed by atoms with van der Waals surface area (Å²) in [5.74, 6) is 0. The summed E-state index contributed by atoms with van der Waals surface area (Å²) >= 11 is 0. The van der Waals surface area contributed by atoms with Gasteiger partial charge >= 0.3 is 0 Å². The molecule has 24 heavy (non-hydrogen) atoms. The van der Waals surface area contributed by atoms with Crippen LogP contribution in [0.3, 0.4) is 0 Å². The van der Waals surface area contributed by atoms with Crippen LogP contribution in [0.15, 0.2) is 61.2 Å². The first-order valence-electron chi connectivity index (χ1n) is 8.25. The van der Waals surface area contributed by atoms with Gasteiger partial charge in [0.25, 0.3) is 0 Å². The van der Waals surface area contributed by atoms with Crippen LogP contribution in [-0.2, 0) is 0 Å². The maximum atomic E-state index is 4.10. The maximum Gasteiger partial charge on any atom is -0.0160 e. The van der Waals surface area contributed by atoms with Crippen LogP contribution in [0.2, 0.25) is 0 Å². The Balaban J connectivity index is 2.41. The van der Waals surface area contributed by atoms with Gasteiger partial charge in [-0.15, -0.1) is 0 Å². The van der Waals surface area contributed by atoms with Crippen LogP contribution in [0.1, 0.15) is 55.5 Å². The zero-order valence-electron chi connectivity index (χ0n) is 15.2. The van der Waals surface area contributed by atoms with Crippen molar-refractivity contribution >= 4 is 29.4 Å². The van der Waals surface area contributed by atoms with Crippen LogP contribution >= 0.6 is 0 Å². The molecule has 0 atom stereocenters. The lowest BCUT2D eigenvalue weighted by Gasteiger charge is -2.09. The Hall–Kier alpha value is -2.60. The summed E-state index contributed by atoms with van der Waals surface area (Å²) in [6, 6.07) is 15.0.